The maximum atomic E-state index is 12.4. The monoisotopic (exact) mass is 387 g/mol. The molecule has 2 rings (SSSR count). The molecule has 0 bridgehead atoms. The van der Waals surface area contributed by atoms with Crippen molar-refractivity contribution < 1.29 is 24.1 Å². The van der Waals surface area contributed by atoms with Gasteiger partial charge in [-0.2, -0.15) is 0 Å². The number of aryl methyl sites for hydroxylation is 1. The number of carbonyl (C=O) groups excluding carboxylic acids is 1. The lowest BCUT2D eigenvalue weighted by Crippen LogP contribution is -2.31. The number of nitrogens with zero attached hydrogens (tertiary/aromatic N) is 1. The number of aliphatic hydroxyl groups excluding tert-OH is 1. The molecule has 0 spiro atoms. The summed E-state index contributed by atoms with van der Waals surface area (Å²) in [4.78, 5) is 13.9. The second kappa shape index (κ2) is 10.6. The first kappa shape index (κ1) is 21.6. The lowest BCUT2D eigenvalue weighted by Gasteiger charge is -2.21. The van der Waals surface area contributed by atoms with Crippen molar-refractivity contribution in [2.75, 3.05) is 34.9 Å². The first-order valence-corrected chi connectivity index (χ1v) is 9.25. The van der Waals surface area contributed by atoms with Gasteiger partial charge in [-0.1, -0.05) is 18.2 Å². The highest BCUT2D eigenvalue weighted by atomic mass is 16.5. The molecule has 0 aliphatic carbocycles. The lowest BCUT2D eigenvalue weighted by atomic mass is 10.1. The van der Waals surface area contributed by atoms with Crippen LogP contribution in [0.4, 0.5) is 0 Å². The van der Waals surface area contributed by atoms with Crippen LogP contribution in [0.2, 0.25) is 0 Å². The Labute approximate surface area is 166 Å². The number of hydrogen-bond donors (Lipinski definition) is 1. The van der Waals surface area contributed by atoms with Crippen LogP contribution >= 0.6 is 0 Å². The highest BCUT2D eigenvalue weighted by Gasteiger charge is 2.15. The maximum Gasteiger partial charge on any atom is 0.222 e. The van der Waals surface area contributed by atoms with Crippen LogP contribution in [0, 0.1) is 0 Å². The van der Waals surface area contributed by atoms with E-state index in [4.69, 9.17) is 14.2 Å². The van der Waals surface area contributed by atoms with E-state index in [0.29, 0.717) is 17.9 Å². The van der Waals surface area contributed by atoms with E-state index in [1.165, 1.54) is 0 Å². The Morgan fingerprint density at radius 2 is 1.68 bits per heavy atom. The molecule has 152 valence electrons. The number of benzene rings is 2. The molecule has 0 aliphatic rings. The third-order valence-corrected chi connectivity index (χ3v) is 4.68. The number of hydrogen-bond acceptors (Lipinski definition) is 5. The molecule has 2 aromatic carbocycles. The van der Waals surface area contributed by atoms with Crippen LogP contribution < -0.4 is 14.2 Å². The van der Waals surface area contributed by atoms with Gasteiger partial charge in [0.15, 0.2) is 11.5 Å². The summed E-state index contributed by atoms with van der Waals surface area (Å²) < 4.78 is 15.7. The summed E-state index contributed by atoms with van der Waals surface area (Å²) in [6.45, 7) is 0.252. The van der Waals surface area contributed by atoms with Crippen LogP contribution in [0.3, 0.4) is 0 Å². The van der Waals surface area contributed by atoms with Gasteiger partial charge in [-0.3, -0.25) is 4.79 Å². The van der Waals surface area contributed by atoms with Crippen LogP contribution in [0.1, 0.15) is 30.1 Å². The molecule has 6 nitrogen and oxygen atoms in total. The second-order valence-corrected chi connectivity index (χ2v) is 6.61. The summed E-state index contributed by atoms with van der Waals surface area (Å²) in [5.74, 6) is 2.12. The number of carbonyl (C=O) groups is 1. The molecule has 28 heavy (non-hydrogen) atoms. The van der Waals surface area contributed by atoms with E-state index in [1.54, 1.807) is 57.5 Å². The highest BCUT2D eigenvalue weighted by molar-refractivity contribution is 5.75. The fourth-order valence-electron chi connectivity index (χ4n) is 2.96. The summed E-state index contributed by atoms with van der Waals surface area (Å²) in [7, 11) is 6.52. The van der Waals surface area contributed by atoms with Crippen molar-refractivity contribution in [2.24, 2.45) is 0 Å². The molecule has 0 fully saturated rings. The number of ether oxygens (including phenoxy) is 3. The van der Waals surface area contributed by atoms with Gasteiger partial charge in [0.2, 0.25) is 5.91 Å². The van der Waals surface area contributed by atoms with Crippen molar-refractivity contribution in [1.29, 1.82) is 0 Å². The van der Waals surface area contributed by atoms with Crippen molar-refractivity contribution in [3.8, 4) is 17.2 Å². The average Bonchev–Trinajstić information content (AvgIpc) is 2.73. The lowest BCUT2D eigenvalue weighted by molar-refractivity contribution is -0.131. The van der Waals surface area contributed by atoms with E-state index in [2.05, 4.69) is 0 Å². The largest absolute Gasteiger partial charge is 0.497 e. The molecule has 6 heteroatoms. The van der Waals surface area contributed by atoms with Crippen LogP contribution in [-0.2, 0) is 11.2 Å². The molecule has 1 atom stereocenters. The normalized spacial score (nSPS) is 11.6. The van der Waals surface area contributed by atoms with Gasteiger partial charge in [-0.15, -0.1) is 0 Å². The summed E-state index contributed by atoms with van der Waals surface area (Å²) in [5, 5.41) is 10.4. The van der Waals surface area contributed by atoms with Crippen LogP contribution in [0.5, 0.6) is 17.2 Å². The smallest absolute Gasteiger partial charge is 0.222 e. The molecule has 0 radical (unpaired) electrons. The van der Waals surface area contributed by atoms with Crippen molar-refractivity contribution in [3.05, 3.63) is 53.6 Å². The van der Waals surface area contributed by atoms with E-state index in [0.717, 1.165) is 29.7 Å². The average molecular weight is 387 g/mol. The van der Waals surface area contributed by atoms with Gasteiger partial charge in [0, 0.05) is 13.5 Å². The van der Waals surface area contributed by atoms with Gasteiger partial charge < -0.3 is 24.2 Å². The molecule has 0 heterocycles. The zero-order chi connectivity index (χ0) is 20.5. The SMILES string of the molecule is COc1ccc(C(O)CN(C)C(=O)CCCc2ccc(OC)c(OC)c2)cc1. The van der Waals surface area contributed by atoms with E-state index in [1.807, 2.05) is 18.2 Å². The molecular weight excluding hydrogens is 358 g/mol. The Kier molecular flexibility index (Phi) is 8.14. The predicted octanol–water partition coefficient (Wildman–Crippen LogP) is 3.23. The van der Waals surface area contributed by atoms with Gasteiger partial charge in [-0.05, 0) is 48.2 Å². The predicted molar refractivity (Wildman–Crippen MR) is 108 cm³/mol. The number of aliphatic hydroxyl groups is 1. The molecule has 1 unspecified atom stereocenters. The van der Waals surface area contributed by atoms with Crippen LogP contribution in [0.15, 0.2) is 42.5 Å². The summed E-state index contributed by atoms with van der Waals surface area (Å²) >= 11 is 0. The molecule has 1 amide bonds. The Morgan fingerprint density at radius 1 is 1.00 bits per heavy atom. The standard InChI is InChI=1S/C22H29NO5/c1-23(15-19(24)17-9-11-18(26-2)12-10-17)22(25)7-5-6-16-8-13-20(27-3)21(14-16)28-4/h8-14,19,24H,5-7,15H2,1-4H3. The Hall–Kier alpha value is -2.73. The zero-order valence-corrected chi connectivity index (χ0v) is 17.0. The number of amides is 1. The van der Waals surface area contributed by atoms with Crippen molar-refractivity contribution >= 4 is 5.91 Å². The highest BCUT2D eigenvalue weighted by Crippen LogP contribution is 2.28. The summed E-state index contributed by atoms with van der Waals surface area (Å²) in [5.41, 5.74) is 1.84. The zero-order valence-electron chi connectivity index (χ0n) is 17.0. The number of rotatable bonds is 10. The molecule has 0 aromatic heterocycles. The Balaban J connectivity index is 1.81. The van der Waals surface area contributed by atoms with Crippen LogP contribution in [-0.4, -0.2) is 50.8 Å². The maximum absolute atomic E-state index is 12.4. The van der Waals surface area contributed by atoms with Crippen molar-refractivity contribution in [2.45, 2.75) is 25.4 Å². The van der Waals surface area contributed by atoms with E-state index in [-0.39, 0.29) is 12.5 Å². The Bertz CT molecular complexity index is 760. The first-order valence-electron chi connectivity index (χ1n) is 9.25. The molecular formula is C22H29NO5. The van der Waals surface area contributed by atoms with Crippen molar-refractivity contribution in [3.63, 3.8) is 0 Å². The molecule has 0 saturated carbocycles. The van der Waals surface area contributed by atoms with Gasteiger partial charge >= 0.3 is 0 Å². The van der Waals surface area contributed by atoms with Gasteiger partial charge in [0.1, 0.15) is 5.75 Å². The second-order valence-electron chi connectivity index (χ2n) is 6.61. The number of likely N-dealkylation sites (N-methyl/N-ethyl adjacent to an activating group) is 1. The minimum absolute atomic E-state index is 0.00744. The molecule has 0 saturated heterocycles. The Morgan fingerprint density at radius 3 is 2.29 bits per heavy atom. The van der Waals surface area contributed by atoms with E-state index >= 15 is 0 Å². The fourth-order valence-corrected chi connectivity index (χ4v) is 2.96. The summed E-state index contributed by atoms with van der Waals surface area (Å²) in [6.07, 6.45) is 1.17. The van der Waals surface area contributed by atoms with Gasteiger partial charge in [-0.25, -0.2) is 0 Å². The minimum Gasteiger partial charge on any atom is -0.497 e. The quantitative estimate of drug-likeness (QED) is 0.678. The minimum atomic E-state index is -0.731. The topological polar surface area (TPSA) is 68.2 Å². The number of methoxy groups -OCH3 is 3. The fraction of sp³-hybridized carbons (Fsp3) is 0.409. The third kappa shape index (κ3) is 5.89. The van der Waals surface area contributed by atoms with Crippen molar-refractivity contribution in [1.82, 2.24) is 4.90 Å². The summed E-state index contributed by atoms with van der Waals surface area (Å²) in [6, 6.07) is 13.0. The third-order valence-electron chi connectivity index (χ3n) is 4.68. The molecule has 2 aromatic rings. The van der Waals surface area contributed by atoms with E-state index < -0.39 is 6.10 Å². The van der Waals surface area contributed by atoms with Gasteiger partial charge in [0.25, 0.3) is 0 Å². The first-order chi connectivity index (χ1) is 13.5. The van der Waals surface area contributed by atoms with Crippen LogP contribution in [0.25, 0.3) is 0 Å². The van der Waals surface area contributed by atoms with E-state index in [9.17, 15) is 9.90 Å². The molecule has 0 aliphatic heterocycles. The molecule has 1 N–H and O–H groups in total. The van der Waals surface area contributed by atoms with Gasteiger partial charge in [0.05, 0.1) is 34.0 Å².